The third-order valence-corrected chi connectivity index (χ3v) is 11.9. The summed E-state index contributed by atoms with van der Waals surface area (Å²) >= 11 is 0. The van der Waals surface area contributed by atoms with Crippen LogP contribution in [0.15, 0.2) is 67.3 Å². The minimum absolute atomic E-state index is 0.0753. The van der Waals surface area contributed by atoms with Crippen LogP contribution >= 0.6 is 0 Å². The lowest BCUT2D eigenvalue weighted by Crippen LogP contribution is -2.55. The SMILES string of the molecule is NC(O)c1cc(-c2cn(CCCC(=O)NCCCCCCNc3cccc4c3C(=O)N(C3CCC(O)NC3=O)C4=O)cn2)cnc1O[C@@H]1CCN(C(=O)Cc2ccc(OC(F)(F)F)cc2)C[C@H]1F. The molecule has 2 aromatic carbocycles. The van der Waals surface area contributed by atoms with E-state index in [4.69, 9.17) is 10.5 Å². The Morgan fingerprint density at radius 3 is 2.46 bits per heavy atom. The van der Waals surface area contributed by atoms with Crippen molar-refractivity contribution in [2.45, 2.75) is 108 Å². The summed E-state index contributed by atoms with van der Waals surface area (Å²) in [6.45, 7) is 1.43. The fraction of sp³-hybridized carbons (Fsp3) is 0.457. The number of alkyl halides is 4. The summed E-state index contributed by atoms with van der Waals surface area (Å²) in [7, 11) is 0. The first-order valence-electron chi connectivity index (χ1n) is 22.4. The number of imide groups is 1. The second-order valence-corrected chi connectivity index (χ2v) is 16.8. The number of aliphatic hydroxyl groups is 2. The molecule has 22 heteroatoms. The Labute approximate surface area is 388 Å². The molecule has 18 nitrogen and oxygen atoms in total. The fourth-order valence-electron chi connectivity index (χ4n) is 8.36. The van der Waals surface area contributed by atoms with E-state index in [0.29, 0.717) is 55.0 Å². The molecule has 364 valence electrons. The molecule has 3 aliphatic rings. The Balaban J connectivity index is 0.782. The first-order valence-corrected chi connectivity index (χ1v) is 22.4. The highest BCUT2D eigenvalue weighted by Crippen LogP contribution is 2.33. The number of imidazole rings is 1. The quantitative estimate of drug-likeness (QED) is 0.0317. The molecule has 7 rings (SSSR count). The number of anilines is 1. The topological polar surface area (TPSA) is 244 Å². The van der Waals surface area contributed by atoms with Crippen LogP contribution in [-0.2, 0) is 27.3 Å². The van der Waals surface area contributed by atoms with Crippen molar-refractivity contribution < 1.29 is 61.2 Å². The number of carbonyl (C=O) groups is 5. The maximum absolute atomic E-state index is 15.4. The number of aryl methyl sites for hydroxylation is 1. The zero-order valence-corrected chi connectivity index (χ0v) is 36.9. The van der Waals surface area contributed by atoms with E-state index in [1.165, 1.54) is 23.2 Å². The van der Waals surface area contributed by atoms with Gasteiger partial charge in [0.05, 0.1) is 41.7 Å². The van der Waals surface area contributed by atoms with Crippen molar-refractivity contribution in [2.24, 2.45) is 5.73 Å². The molecule has 0 saturated carbocycles. The van der Waals surface area contributed by atoms with Crippen molar-refractivity contribution in [3.63, 3.8) is 0 Å². The number of nitrogens with zero attached hydrogens (tertiary/aromatic N) is 5. The van der Waals surface area contributed by atoms with Gasteiger partial charge in [-0.15, -0.1) is 13.2 Å². The normalized spacial score (nSPS) is 19.9. The minimum Gasteiger partial charge on any atom is -0.471 e. The number of hydrogen-bond donors (Lipinski definition) is 6. The molecule has 0 aliphatic carbocycles. The van der Waals surface area contributed by atoms with E-state index in [9.17, 15) is 47.4 Å². The summed E-state index contributed by atoms with van der Waals surface area (Å²) < 4.78 is 64.3. The number of nitrogens with two attached hydrogens (primary N) is 1. The van der Waals surface area contributed by atoms with Gasteiger partial charge in [0.1, 0.15) is 30.4 Å². The first kappa shape index (κ1) is 49.3. The van der Waals surface area contributed by atoms with Crippen LogP contribution in [0.3, 0.4) is 0 Å². The molecule has 2 fully saturated rings. The van der Waals surface area contributed by atoms with Crippen molar-refractivity contribution in [1.82, 2.24) is 35.0 Å². The van der Waals surface area contributed by atoms with E-state index in [-0.39, 0.29) is 67.3 Å². The molecule has 68 heavy (non-hydrogen) atoms. The number of unbranched alkanes of at least 4 members (excludes halogenated alkanes) is 3. The maximum atomic E-state index is 15.4. The lowest BCUT2D eigenvalue weighted by molar-refractivity contribution is -0.274. The van der Waals surface area contributed by atoms with Crippen LogP contribution < -0.4 is 31.2 Å². The Hall–Kier alpha value is -6.65. The van der Waals surface area contributed by atoms with Crippen LogP contribution in [0, 0.1) is 0 Å². The number of ether oxygens (including phenoxy) is 2. The van der Waals surface area contributed by atoms with Crippen molar-refractivity contribution in [3.05, 3.63) is 89.5 Å². The number of halogens is 4. The molecule has 2 aromatic heterocycles. The summed E-state index contributed by atoms with van der Waals surface area (Å²) in [4.78, 5) is 75.3. The zero-order valence-electron chi connectivity index (χ0n) is 36.9. The number of rotatable bonds is 20. The molecule has 3 unspecified atom stereocenters. The number of nitrogens with one attached hydrogen (secondary N) is 3. The first-order chi connectivity index (χ1) is 32.5. The molecule has 3 aliphatic heterocycles. The van der Waals surface area contributed by atoms with Gasteiger partial charge in [0, 0.05) is 62.7 Å². The number of pyridine rings is 1. The summed E-state index contributed by atoms with van der Waals surface area (Å²) in [5.41, 5.74) is 8.40. The van der Waals surface area contributed by atoms with Crippen LogP contribution in [0.5, 0.6) is 11.6 Å². The molecule has 0 bridgehead atoms. The number of aromatic nitrogens is 3. The van der Waals surface area contributed by atoms with Gasteiger partial charge < -0.3 is 50.8 Å². The third kappa shape index (κ3) is 12.5. The molecule has 5 heterocycles. The fourth-order valence-corrected chi connectivity index (χ4v) is 8.36. The van der Waals surface area contributed by atoms with Crippen LogP contribution in [0.1, 0.15) is 95.9 Å². The van der Waals surface area contributed by atoms with Gasteiger partial charge in [0.25, 0.3) is 11.8 Å². The monoisotopic (exact) mass is 951 g/mol. The van der Waals surface area contributed by atoms with Gasteiger partial charge in [0.15, 0.2) is 6.17 Å². The van der Waals surface area contributed by atoms with Crippen LogP contribution in [0.2, 0.25) is 0 Å². The van der Waals surface area contributed by atoms with Crippen molar-refractivity contribution in [3.8, 4) is 22.9 Å². The summed E-state index contributed by atoms with van der Waals surface area (Å²) in [6.07, 6.45) is -0.664. The van der Waals surface area contributed by atoms with Gasteiger partial charge in [-0.25, -0.2) is 14.4 Å². The van der Waals surface area contributed by atoms with E-state index in [1.807, 2.05) is 4.57 Å². The smallest absolute Gasteiger partial charge is 0.471 e. The lowest BCUT2D eigenvalue weighted by Gasteiger charge is -2.35. The van der Waals surface area contributed by atoms with Crippen molar-refractivity contribution >= 4 is 35.2 Å². The highest BCUT2D eigenvalue weighted by Gasteiger charge is 2.45. The molecule has 7 N–H and O–H groups in total. The summed E-state index contributed by atoms with van der Waals surface area (Å²) in [5.74, 6) is -2.61. The number of amides is 5. The number of carbonyl (C=O) groups excluding carboxylic acids is 5. The number of benzene rings is 2. The highest BCUT2D eigenvalue weighted by atomic mass is 19.4. The summed E-state index contributed by atoms with van der Waals surface area (Å²) in [6, 6.07) is 10.4. The van der Waals surface area contributed by atoms with Gasteiger partial charge >= 0.3 is 6.36 Å². The lowest BCUT2D eigenvalue weighted by atomic mass is 10.0. The molecule has 5 atom stereocenters. The predicted octanol–water partition coefficient (Wildman–Crippen LogP) is 4.12. The number of hydrogen-bond acceptors (Lipinski definition) is 13. The second-order valence-electron chi connectivity index (χ2n) is 16.8. The largest absolute Gasteiger partial charge is 0.573 e. The zero-order chi connectivity index (χ0) is 48.5. The predicted molar refractivity (Wildman–Crippen MR) is 235 cm³/mol. The molecule has 0 spiro atoms. The summed E-state index contributed by atoms with van der Waals surface area (Å²) in [5, 5.41) is 28.7. The molecular weight excluding hydrogens is 899 g/mol. The number of aliphatic hydroxyl groups excluding tert-OH is 2. The van der Waals surface area contributed by atoms with Crippen molar-refractivity contribution in [1.29, 1.82) is 0 Å². The molecule has 5 amide bonds. The van der Waals surface area contributed by atoms with E-state index in [0.717, 1.165) is 42.7 Å². The molecule has 4 aromatic rings. The molecular formula is C46H53F4N9O9. The Kier molecular flexibility index (Phi) is 15.9. The van der Waals surface area contributed by atoms with E-state index < -0.39 is 66.5 Å². The number of likely N-dealkylation sites (tertiary alicyclic amines) is 1. The van der Waals surface area contributed by atoms with E-state index in [2.05, 4.69) is 30.7 Å². The van der Waals surface area contributed by atoms with Gasteiger partial charge in [-0.1, -0.05) is 31.0 Å². The van der Waals surface area contributed by atoms with Gasteiger partial charge in [-0.3, -0.25) is 28.9 Å². The standard InChI is InChI=1S/C46H53F4N9O9/c47-32-24-58(39(62)21-27-10-12-29(13-11-27)68-46(48,49)50)20-16-36(32)67-43-31(41(51)63)22-28(23-54-43)34-25-57(26-55-34)19-6-9-37(60)53-18-4-2-1-3-17-52-33-8-5-7-30-40(33)45(66)59(44(30)65)35-14-15-38(61)56-42(35)64/h5,7-8,10-13,22-23,25-26,32,35-36,38,41,52,61,63H,1-4,6,9,14-21,24,51H2,(H,53,60)(H,56,64)/t32-,35?,36-,38?,41?/m1/s1. The highest BCUT2D eigenvalue weighted by molar-refractivity contribution is 6.25. The maximum Gasteiger partial charge on any atom is 0.573 e. The van der Waals surface area contributed by atoms with Crippen molar-refractivity contribution in [2.75, 3.05) is 31.5 Å². The van der Waals surface area contributed by atoms with Crippen LogP contribution in [0.25, 0.3) is 11.3 Å². The third-order valence-electron chi connectivity index (χ3n) is 11.9. The Morgan fingerprint density at radius 2 is 1.74 bits per heavy atom. The van der Waals surface area contributed by atoms with E-state index >= 15 is 4.39 Å². The van der Waals surface area contributed by atoms with E-state index in [1.54, 1.807) is 36.8 Å². The second kappa shape index (κ2) is 22.0. The molecule has 0 radical (unpaired) electrons. The van der Waals surface area contributed by atoms with Gasteiger partial charge in [-0.2, -0.15) is 0 Å². The molecule has 2 saturated heterocycles. The average molecular weight is 952 g/mol. The Bertz CT molecular complexity index is 2450. The average Bonchev–Trinajstić information content (AvgIpc) is 3.87. The Morgan fingerprint density at radius 1 is 0.971 bits per heavy atom. The van der Waals surface area contributed by atoms with Crippen LogP contribution in [0.4, 0.5) is 23.2 Å². The van der Waals surface area contributed by atoms with Gasteiger partial charge in [0.2, 0.25) is 23.6 Å². The number of fused-ring (bicyclic) bond motifs is 1. The van der Waals surface area contributed by atoms with Crippen LogP contribution in [-0.4, -0.2) is 121 Å². The van der Waals surface area contributed by atoms with Gasteiger partial charge in [-0.05, 0) is 68.0 Å². The minimum atomic E-state index is -4.84. The number of piperidine rings is 2.